The van der Waals surface area contributed by atoms with Crippen LogP contribution in [-0.2, 0) is 0 Å². The van der Waals surface area contributed by atoms with Gasteiger partial charge in [0.15, 0.2) is 0 Å². The minimum Gasteiger partial charge on any atom is -0.507 e. The molecule has 3 rings (SSSR count). The number of nitrogen functional groups attached to an aromatic ring is 1. The molecule has 1 amide bonds. The van der Waals surface area contributed by atoms with Crippen LogP contribution in [0.1, 0.15) is 16.1 Å². The van der Waals surface area contributed by atoms with E-state index in [1.807, 2.05) is 24.3 Å². The predicted molar refractivity (Wildman–Crippen MR) is 88.8 cm³/mol. The molecule has 0 bridgehead atoms. The van der Waals surface area contributed by atoms with Crippen molar-refractivity contribution in [3.05, 3.63) is 66.0 Å². The van der Waals surface area contributed by atoms with Crippen molar-refractivity contribution >= 4 is 28.2 Å². The molecule has 2 aromatic carbocycles. The molecule has 0 fully saturated rings. The number of carbonyl (C=O) groups is 1. The Morgan fingerprint density at radius 1 is 1.13 bits per heavy atom. The first-order valence-electron chi connectivity index (χ1n) is 6.88. The van der Waals surface area contributed by atoms with Gasteiger partial charge in [0.2, 0.25) is 0 Å². The van der Waals surface area contributed by atoms with Crippen molar-refractivity contribution in [3.8, 4) is 5.75 Å². The maximum absolute atomic E-state index is 12.3. The zero-order valence-electron chi connectivity index (χ0n) is 12.1. The van der Waals surface area contributed by atoms with Crippen molar-refractivity contribution in [2.45, 2.75) is 0 Å². The molecule has 0 aliphatic carbocycles. The van der Waals surface area contributed by atoms with Gasteiger partial charge in [-0.2, -0.15) is 0 Å². The minimum atomic E-state index is -0.439. The lowest BCUT2D eigenvalue weighted by Gasteiger charge is -2.08. The number of amidine groups is 1. The molecule has 1 heterocycles. The van der Waals surface area contributed by atoms with Gasteiger partial charge in [-0.1, -0.05) is 24.3 Å². The van der Waals surface area contributed by atoms with Crippen LogP contribution in [0.3, 0.4) is 0 Å². The van der Waals surface area contributed by atoms with Gasteiger partial charge in [0.25, 0.3) is 5.91 Å². The average molecular weight is 306 g/mol. The number of phenols is 1. The number of hydrogen-bond donors (Lipinski definition) is 4. The molecular formula is C17H14N4O2. The van der Waals surface area contributed by atoms with Crippen LogP contribution < -0.4 is 11.1 Å². The maximum atomic E-state index is 12.3. The topological polar surface area (TPSA) is 112 Å². The third-order valence-corrected chi connectivity index (χ3v) is 3.41. The van der Waals surface area contributed by atoms with E-state index in [9.17, 15) is 9.90 Å². The third-order valence-electron chi connectivity index (χ3n) is 3.41. The average Bonchev–Trinajstić information content (AvgIpc) is 2.54. The summed E-state index contributed by atoms with van der Waals surface area (Å²) in [6, 6.07) is 13.8. The Labute approximate surface area is 132 Å². The summed E-state index contributed by atoms with van der Waals surface area (Å²) in [5, 5.41) is 21.7. The van der Waals surface area contributed by atoms with Gasteiger partial charge in [0.1, 0.15) is 17.3 Å². The molecule has 6 heteroatoms. The Hall–Kier alpha value is -3.41. The van der Waals surface area contributed by atoms with E-state index in [0.717, 1.165) is 10.8 Å². The molecule has 1 aromatic heterocycles. The number of aromatic hydroxyl groups is 1. The number of pyridine rings is 1. The number of nitrogens with one attached hydrogen (secondary N) is 2. The molecule has 0 spiro atoms. The Morgan fingerprint density at radius 2 is 1.83 bits per heavy atom. The lowest BCUT2D eigenvalue weighted by molar-refractivity contribution is 0.102. The molecule has 114 valence electrons. The number of anilines is 1. The Morgan fingerprint density at radius 3 is 2.43 bits per heavy atom. The highest BCUT2D eigenvalue weighted by Crippen LogP contribution is 2.25. The summed E-state index contributed by atoms with van der Waals surface area (Å²) in [5.74, 6) is -0.671. The van der Waals surface area contributed by atoms with Gasteiger partial charge in [0.05, 0.1) is 17.4 Å². The van der Waals surface area contributed by atoms with Gasteiger partial charge in [0, 0.05) is 0 Å². The largest absolute Gasteiger partial charge is 0.507 e. The molecule has 3 aromatic rings. The summed E-state index contributed by atoms with van der Waals surface area (Å²) in [7, 11) is 0. The second kappa shape index (κ2) is 5.76. The smallest absolute Gasteiger partial charge is 0.259 e. The van der Waals surface area contributed by atoms with Crippen LogP contribution in [0.15, 0.2) is 54.7 Å². The number of rotatable bonds is 3. The quantitative estimate of drug-likeness (QED) is 0.440. The van der Waals surface area contributed by atoms with Crippen LogP contribution in [0, 0.1) is 5.41 Å². The molecule has 0 radical (unpaired) electrons. The summed E-state index contributed by atoms with van der Waals surface area (Å²) in [6.07, 6.45) is 1.41. The van der Waals surface area contributed by atoms with E-state index in [1.165, 1.54) is 12.3 Å². The van der Waals surface area contributed by atoms with Crippen molar-refractivity contribution in [1.82, 2.24) is 4.98 Å². The van der Waals surface area contributed by atoms with Gasteiger partial charge >= 0.3 is 0 Å². The molecule has 5 N–H and O–H groups in total. The van der Waals surface area contributed by atoms with Gasteiger partial charge < -0.3 is 16.2 Å². The van der Waals surface area contributed by atoms with Crippen molar-refractivity contribution < 1.29 is 9.90 Å². The predicted octanol–water partition coefficient (Wildman–Crippen LogP) is 2.48. The molecule has 0 aliphatic heterocycles. The summed E-state index contributed by atoms with van der Waals surface area (Å²) >= 11 is 0. The number of benzene rings is 2. The van der Waals surface area contributed by atoms with E-state index >= 15 is 0 Å². The van der Waals surface area contributed by atoms with Gasteiger partial charge in [-0.3, -0.25) is 15.2 Å². The van der Waals surface area contributed by atoms with Crippen LogP contribution in [0.5, 0.6) is 5.75 Å². The standard InChI is InChI=1S/C17H14N4O2/c18-16(19)14-6-5-12(9-20-14)21-17(23)13-7-10-3-1-2-4-11(10)8-15(13)22/h1-9,22H,(H3,18,19)(H,21,23). The van der Waals surface area contributed by atoms with Gasteiger partial charge in [-0.15, -0.1) is 0 Å². The first-order valence-corrected chi connectivity index (χ1v) is 6.88. The molecule has 0 saturated carbocycles. The number of fused-ring (bicyclic) bond motifs is 1. The molecule has 23 heavy (non-hydrogen) atoms. The van der Waals surface area contributed by atoms with E-state index < -0.39 is 5.91 Å². The number of phenolic OH excluding ortho intramolecular Hbond substituents is 1. The number of nitrogens with zero attached hydrogens (tertiary/aromatic N) is 1. The van der Waals surface area contributed by atoms with Crippen molar-refractivity contribution in [1.29, 1.82) is 5.41 Å². The number of nitrogens with two attached hydrogens (primary N) is 1. The van der Waals surface area contributed by atoms with Crippen LogP contribution in [-0.4, -0.2) is 21.8 Å². The van der Waals surface area contributed by atoms with Gasteiger partial charge in [-0.05, 0) is 35.0 Å². The first kappa shape index (κ1) is 14.5. The second-order valence-electron chi connectivity index (χ2n) is 5.02. The summed E-state index contributed by atoms with van der Waals surface area (Å²) in [6.45, 7) is 0. The summed E-state index contributed by atoms with van der Waals surface area (Å²) in [5.41, 5.74) is 6.29. The summed E-state index contributed by atoms with van der Waals surface area (Å²) in [4.78, 5) is 16.3. The maximum Gasteiger partial charge on any atom is 0.259 e. The molecule has 0 unspecified atom stereocenters. The normalized spacial score (nSPS) is 10.4. The molecule has 0 atom stereocenters. The highest BCUT2D eigenvalue weighted by Gasteiger charge is 2.13. The van der Waals surface area contributed by atoms with Crippen LogP contribution in [0.2, 0.25) is 0 Å². The highest BCUT2D eigenvalue weighted by atomic mass is 16.3. The number of hydrogen-bond acceptors (Lipinski definition) is 4. The van der Waals surface area contributed by atoms with Crippen molar-refractivity contribution in [2.24, 2.45) is 5.73 Å². The monoisotopic (exact) mass is 306 g/mol. The highest BCUT2D eigenvalue weighted by molar-refractivity contribution is 6.08. The number of carbonyl (C=O) groups excluding carboxylic acids is 1. The third kappa shape index (κ3) is 2.96. The van der Waals surface area contributed by atoms with E-state index in [4.69, 9.17) is 11.1 Å². The van der Waals surface area contributed by atoms with Crippen LogP contribution >= 0.6 is 0 Å². The Balaban J connectivity index is 1.88. The SMILES string of the molecule is N=C(N)c1ccc(NC(=O)c2cc3ccccc3cc2O)cn1. The molecular weight excluding hydrogens is 292 g/mol. The zero-order valence-corrected chi connectivity index (χ0v) is 12.1. The molecule has 0 aliphatic rings. The fourth-order valence-electron chi connectivity index (χ4n) is 2.24. The number of aromatic nitrogens is 1. The van der Waals surface area contributed by atoms with Crippen LogP contribution in [0.4, 0.5) is 5.69 Å². The lowest BCUT2D eigenvalue weighted by Crippen LogP contribution is -2.15. The zero-order chi connectivity index (χ0) is 16.4. The Kier molecular flexibility index (Phi) is 3.64. The number of amides is 1. The summed E-state index contributed by atoms with van der Waals surface area (Å²) < 4.78 is 0. The van der Waals surface area contributed by atoms with E-state index in [-0.39, 0.29) is 17.1 Å². The lowest BCUT2D eigenvalue weighted by atomic mass is 10.1. The fraction of sp³-hybridized carbons (Fsp3) is 0. The molecule has 6 nitrogen and oxygen atoms in total. The Bertz CT molecular complexity index is 904. The van der Waals surface area contributed by atoms with Gasteiger partial charge in [-0.25, -0.2) is 0 Å². The molecule has 0 saturated heterocycles. The van der Waals surface area contributed by atoms with E-state index in [1.54, 1.807) is 18.2 Å². The second-order valence-corrected chi connectivity index (χ2v) is 5.02. The van der Waals surface area contributed by atoms with E-state index in [2.05, 4.69) is 10.3 Å². The van der Waals surface area contributed by atoms with Crippen molar-refractivity contribution in [3.63, 3.8) is 0 Å². The fourth-order valence-corrected chi connectivity index (χ4v) is 2.24. The minimum absolute atomic E-state index is 0.0884. The van der Waals surface area contributed by atoms with Crippen molar-refractivity contribution in [2.75, 3.05) is 5.32 Å². The van der Waals surface area contributed by atoms with E-state index in [0.29, 0.717) is 11.4 Å². The first-order chi connectivity index (χ1) is 11.0. The van der Waals surface area contributed by atoms with Crippen LogP contribution in [0.25, 0.3) is 10.8 Å².